The van der Waals surface area contributed by atoms with Crippen molar-refractivity contribution >= 4 is 57.2 Å². The number of aryl methyl sites for hydroxylation is 2. The van der Waals surface area contributed by atoms with E-state index < -0.39 is 5.91 Å². The Hall–Kier alpha value is -1.41. The van der Waals surface area contributed by atoms with Gasteiger partial charge in [0.05, 0.1) is 19.9 Å². The summed E-state index contributed by atoms with van der Waals surface area (Å²) in [5, 5.41) is 13.5. The fourth-order valence-electron chi connectivity index (χ4n) is 2.11. The third-order valence-electron chi connectivity index (χ3n) is 3.09. The van der Waals surface area contributed by atoms with Crippen molar-refractivity contribution in [3.05, 3.63) is 47.9 Å². The van der Waals surface area contributed by atoms with Crippen molar-refractivity contribution in [1.29, 1.82) is 5.26 Å². The Morgan fingerprint density at radius 2 is 1.91 bits per heavy atom. The third kappa shape index (κ3) is 3.92. The number of halogens is 2. The zero-order valence-corrected chi connectivity index (χ0v) is 17.0. The van der Waals surface area contributed by atoms with Gasteiger partial charge in [0.1, 0.15) is 17.4 Å². The van der Waals surface area contributed by atoms with Crippen molar-refractivity contribution in [2.45, 2.75) is 13.8 Å². The minimum absolute atomic E-state index is 0.0352. The van der Waals surface area contributed by atoms with Crippen LogP contribution in [0.2, 0.25) is 0 Å². The van der Waals surface area contributed by atoms with Gasteiger partial charge in [-0.2, -0.15) is 10.4 Å². The van der Waals surface area contributed by atoms with Crippen LogP contribution >= 0.6 is 45.2 Å². The van der Waals surface area contributed by atoms with E-state index in [-0.39, 0.29) is 5.57 Å². The number of benzene rings is 1. The van der Waals surface area contributed by atoms with Crippen LogP contribution in [0, 0.1) is 32.3 Å². The predicted octanol–water partition coefficient (Wildman–Crippen LogP) is 3.97. The van der Waals surface area contributed by atoms with E-state index in [2.05, 4.69) is 50.3 Å². The molecule has 0 aliphatic carbocycles. The molecule has 0 atom stereocenters. The Balaban J connectivity index is 2.46. The second-order valence-electron chi connectivity index (χ2n) is 4.83. The molecule has 1 aromatic heterocycles. The van der Waals surface area contributed by atoms with E-state index in [4.69, 9.17) is 4.74 Å². The van der Waals surface area contributed by atoms with Crippen molar-refractivity contribution in [1.82, 2.24) is 9.78 Å². The number of ether oxygens (including phenoxy) is 1. The standard InChI is InChI=1S/C16H13I2N3O2/c1-9-4-10(2)21(20-9)16(22)12(8-19)5-11-6-13(17)15(23-3)14(18)7-11/h4-7H,1-3H3/b12-5+. The normalized spacial score (nSPS) is 11.2. The molecule has 5 nitrogen and oxygen atoms in total. The first-order chi connectivity index (χ1) is 10.9. The Kier molecular flexibility index (Phi) is 5.80. The molecule has 0 unspecified atom stereocenters. The van der Waals surface area contributed by atoms with Crippen LogP contribution in [0.15, 0.2) is 23.8 Å². The average Bonchev–Trinajstić information content (AvgIpc) is 2.82. The summed E-state index contributed by atoms with van der Waals surface area (Å²) in [7, 11) is 1.61. The summed E-state index contributed by atoms with van der Waals surface area (Å²) in [6.07, 6.45) is 1.57. The number of carbonyl (C=O) groups is 1. The minimum Gasteiger partial charge on any atom is -0.495 e. The monoisotopic (exact) mass is 533 g/mol. The van der Waals surface area contributed by atoms with Gasteiger partial charge >= 0.3 is 0 Å². The lowest BCUT2D eigenvalue weighted by molar-refractivity contribution is 0.0944. The molecule has 0 aliphatic heterocycles. The number of aromatic nitrogens is 2. The molecule has 0 saturated heterocycles. The summed E-state index contributed by atoms with van der Waals surface area (Å²) in [6.45, 7) is 3.59. The van der Waals surface area contributed by atoms with E-state index >= 15 is 0 Å². The van der Waals surface area contributed by atoms with Crippen molar-refractivity contribution in [2.24, 2.45) is 0 Å². The molecule has 1 aromatic carbocycles. The van der Waals surface area contributed by atoms with Crippen LogP contribution in [-0.4, -0.2) is 22.8 Å². The van der Waals surface area contributed by atoms with Gasteiger partial charge in [0.25, 0.3) is 5.91 Å². The highest BCUT2D eigenvalue weighted by atomic mass is 127. The molecule has 1 heterocycles. The van der Waals surface area contributed by atoms with Gasteiger partial charge in [0.15, 0.2) is 0 Å². The van der Waals surface area contributed by atoms with E-state index in [1.807, 2.05) is 18.2 Å². The number of nitriles is 1. The van der Waals surface area contributed by atoms with Gasteiger partial charge < -0.3 is 4.74 Å². The average molecular weight is 533 g/mol. The largest absolute Gasteiger partial charge is 0.495 e. The lowest BCUT2D eigenvalue weighted by atomic mass is 10.1. The molecule has 0 radical (unpaired) electrons. The van der Waals surface area contributed by atoms with E-state index in [0.29, 0.717) is 5.69 Å². The van der Waals surface area contributed by atoms with Crippen LogP contribution in [-0.2, 0) is 0 Å². The Bertz CT molecular complexity index is 824. The number of allylic oxidation sites excluding steroid dienone is 1. The summed E-state index contributed by atoms with van der Waals surface area (Å²) < 4.78 is 8.40. The van der Waals surface area contributed by atoms with Gasteiger partial charge in [0, 0.05) is 5.69 Å². The van der Waals surface area contributed by atoms with Crippen LogP contribution in [0.1, 0.15) is 21.7 Å². The maximum Gasteiger partial charge on any atom is 0.289 e. The van der Waals surface area contributed by atoms with Crippen LogP contribution in [0.4, 0.5) is 0 Å². The summed E-state index contributed by atoms with van der Waals surface area (Å²) in [6, 6.07) is 7.50. The number of rotatable bonds is 3. The molecule has 0 saturated carbocycles. The number of carbonyl (C=O) groups excluding carboxylic acids is 1. The summed E-state index contributed by atoms with van der Waals surface area (Å²) in [5.74, 6) is 0.352. The van der Waals surface area contributed by atoms with Crippen molar-refractivity contribution in [3.63, 3.8) is 0 Å². The number of hydrogen-bond acceptors (Lipinski definition) is 4. The van der Waals surface area contributed by atoms with Gasteiger partial charge in [-0.25, -0.2) is 4.68 Å². The molecular formula is C16H13I2N3O2. The van der Waals surface area contributed by atoms with E-state index in [1.165, 1.54) is 4.68 Å². The summed E-state index contributed by atoms with van der Waals surface area (Å²) in [4.78, 5) is 12.5. The van der Waals surface area contributed by atoms with Crippen molar-refractivity contribution in [2.75, 3.05) is 7.11 Å². The molecular weight excluding hydrogens is 520 g/mol. The highest BCUT2D eigenvalue weighted by molar-refractivity contribution is 14.1. The molecule has 0 amide bonds. The first-order valence-corrected chi connectivity index (χ1v) is 8.76. The molecule has 0 bridgehead atoms. The maximum atomic E-state index is 12.5. The zero-order valence-electron chi connectivity index (χ0n) is 12.7. The lowest BCUT2D eigenvalue weighted by Gasteiger charge is -2.08. The highest BCUT2D eigenvalue weighted by Gasteiger charge is 2.16. The van der Waals surface area contributed by atoms with E-state index in [1.54, 1.807) is 33.1 Å². The Morgan fingerprint density at radius 3 is 2.35 bits per heavy atom. The third-order valence-corrected chi connectivity index (χ3v) is 4.69. The molecule has 0 N–H and O–H groups in total. The minimum atomic E-state index is -0.432. The van der Waals surface area contributed by atoms with E-state index in [0.717, 1.165) is 24.1 Å². The number of hydrogen-bond donors (Lipinski definition) is 0. The smallest absolute Gasteiger partial charge is 0.289 e. The van der Waals surface area contributed by atoms with Crippen LogP contribution in [0.5, 0.6) is 5.75 Å². The molecule has 0 spiro atoms. The molecule has 0 aliphatic rings. The Morgan fingerprint density at radius 1 is 1.30 bits per heavy atom. The molecule has 0 fully saturated rings. The van der Waals surface area contributed by atoms with Crippen molar-refractivity contribution < 1.29 is 9.53 Å². The lowest BCUT2D eigenvalue weighted by Crippen LogP contribution is -2.15. The van der Waals surface area contributed by atoms with Crippen LogP contribution < -0.4 is 4.74 Å². The van der Waals surface area contributed by atoms with Crippen molar-refractivity contribution in [3.8, 4) is 11.8 Å². The Labute approximate surface area is 161 Å². The quantitative estimate of drug-likeness (QED) is 0.341. The number of nitrogens with zero attached hydrogens (tertiary/aromatic N) is 3. The fraction of sp³-hybridized carbons (Fsp3) is 0.188. The summed E-state index contributed by atoms with van der Waals surface area (Å²) >= 11 is 4.33. The van der Waals surface area contributed by atoms with Crippen LogP contribution in [0.3, 0.4) is 0 Å². The molecule has 2 aromatic rings. The van der Waals surface area contributed by atoms with E-state index in [9.17, 15) is 10.1 Å². The SMILES string of the molecule is COc1c(I)cc(/C=C(\C#N)C(=O)n2nc(C)cc2C)cc1I. The topological polar surface area (TPSA) is 67.9 Å². The van der Waals surface area contributed by atoms with Gasteiger partial charge in [-0.1, -0.05) is 0 Å². The maximum absolute atomic E-state index is 12.5. The molecule has 23 heavy (non-hydrogen) atoms. The first-order valence-electron chi connectivity index (χ1n) is 6.60. The van der Waals surface area contributed by atoms with Gasteiger partial charge in [-0.05, 0) is 88.9 Å². The number of methoxy groups -OCH3 is 1. The zero-order chi connectivity index (χ0) is 17.1. The fourth-order valence-corrected chi connectivity index (χ4v) is 4.37. The predicted molar refractivity (Wildman–Crippen MR) is 104 cm³/mol. The molecule has 118 valence electrons. The second-order valence-corrected chi connectivity index (χ2v) is 7.16. The van der Waals surface area contributed by atoms with Gasteiger partial charge in [-0.3, -0.25) is 4.79 Å². The molecule has 7 heteroatoms. The molecule has 2 rings (SSSR count). The summed E-state index contributed by atoms with van der Waals surface area (Å²) in [5.41, 5.74) is 2.24. The first kappa shape index (κ1) is 17.9. The van der Waals surface area contributed by atoms with Crippen LogP contribution in [0.25, 0.3) is 6.08 Å². The second kappa shape index (κ2) is 7.44. The van der Waals surface area contributed by atoms with Gasteiger partial charge in [-0.15, -0.1) is 0 Å². The van der Waals surface area contributed by atoms with Gasteiger partial charge in [0.2, 0.25) is 0 Å². The highest BCUT2D eigenvalue weighted by Crippen LogP contribution is 2.29.